The molecule has 238 valence electrons. The summed E-state index contributed by atoms with van der Waals surface area (Å²) < 4.78 is 70.5. The Labute approximate surface area is 257 Å². The van der Waals surface area contributed by atoms with Gasteiger partial charge in [-0.25, -0.2) is 13.6 Å². The summed E-state index contributed by atoms with van der Waals surface area (Å²) >= 11 is 0. The average molecular weight is 640 g/mol. The number of aromatic nitrogens is 3. The molecule has 0 spiro atoms. The van der Waals surface area contributed by atoms with Gasteiger partial charge in [0.25, 0.3) is 11.5 Å². The van der Waals surface area contributed by atoms with Gasteiger partial charge in [0.05, 0.1) is 17.2 Å². The zero-order valence-electron chi connectivity index (χ0n) is 24.3. The van der Waals surface area contributed by atoms with Crippen LogP contribution in [0.5, 0.6) is 0 Å². The highest BCUT2D eigenvalue weighted by molar-refractivity contribution is 5.99. The predicted octanol–water partition coefficient (Wildman–Crippen LogP) is 5.61. The van der Waals surface area contributed by atoms with Crippen LogP contribution in [0.2, 0.25) is 0 Å². The molecule has 2 unspecified atom stereocenters. The molecule has 0 saturated carbocycles. The quantitative estimate of drug-likeness (QED) is 0.179. The molecule has 9 nitrogen and oxygen atoms in total. The van der Waals surface area contributed by atoms with Gasteiger partial charge in [-0.15, -0.1) is 0 Å². The Balaban J connectivity index is 1.45. The first-order chi connectivity index (χ1) is 21.8. The number of nitrogens with one attached hydrogen (secondary N) is 2. The molecule has 5 rings (SSSR count). The van der Waals surface area contributed by atoms with Crippen LogP contribution in [0.15, 0.2) is 71.9 Å². The summed E-state index contributed by atoms with van der Waals surface area (Å²) in [4.78, 5) is 46.9. The van der Waals surface area contributed by atoms with Gasteiger partial charge in [-0.3, -0.25) is 19.6 Å². The minimum atomic E-state index is -4.69. The third-order valence-corrected chi connectivity index (χ3v) is 7.62. The van der Waals surface area contributed by atoms with Crippen molar-refractivity contribution in [2.24, 2.45) is 7.05 Å². The zero-order chi connectivity index (χ0) is 33.3. The molecule has 0 fully saturated rings. The van der Waals surface area contributed by atoms with Gasteiger partial charge in [0.2, 0.25) is 0 Å². The number of hydrogen-bond donors (Lipinski definition) is 3. The summed E-state index contributed by atoms with van der Waals surface area (Å²) in [5.41, 5.74) is 0.209. The van der Waals surface area contributed by atoms with Gasteiger partial charge in [0.1, 0.15) is 29.3 Å². The third kappa shape index (κ3) is 6.23. The molecule has 2 aromatic carbocycles. The molecule has 0 aliphatic heterocycles. The highest BCUT2D eigenvalue weighted by Gasteiger charge is 2.38. The van der Waals surface area contributed by atoms with Gasteiger partial charge in [-0.05, 0) is 42.3 Å². The van der Waals surface area contributed by atoms with Crippen molar-refractivity contribution in [2.75, 3.05) is 5.32 Å². The Bertz CT molecular complexity index is 2020. The Hall–Kier alpha value is -5.40. The van der Waals surface area contributed by atoms with Crippen LogP contribution in [0.1, 0.15) is 29.3 Å². The van der Waals surface area contributed by atoms with Crippen LogP contribution in [0.4, 0.5) is 27.6 Å². The molecule has 1 amide bonds. The molecule has 5 aromatic rings. The Morgan fingerprint density at radius 1 is 1.02 bits per heavy atom. The second-order valence-electron chi connectivity index (χ2n) is 10.6. The molecule has 2 atom stereocenters. The highest BCUT2D eigenvalue weighted by Crippen LogP contribution is 2.31. The molecule has 46 heavy (non-hydrogen) atoms. The van der Waals surface area contributed by atoms with E-state index in [4.69, 9.17) is 0 Å². The second kappa shape index (κ2) is 12.5. The number of carboxylic acids is 1. The van der Waals surface area contributed by atoms with E-state index >= 15 is 0 Å². The molecular formula is C32H26F5N5O4. The van der Waals surface area contributed by atoms with Crippen LogP contribution in [0, 0.1) is 11.6 Å². The van der Waals surface area contributed by atoms with Crippen molar-refractivity contribution >= 4 is 39.4 Å². The van der Waals surface area contributed by atoms with E-state index in [1.807, 2.05) is 5.32 Å². The molecule has 0 bridgehead atoms. The number of hydrogen-bond acceptors (Lipinski definition) is 6. The maximum absolute atomic E-state index is 14.9. The van der Waals surface area contributed by atoms with Crippen LogP contribution < -0.4 is 16.2 Å². The number of pyridine rings is 3. The van der Waals surface area contributed by atoms with Gasteiger partial charge < -0.3 is 20.3 Å². The predicted molar refractivity (Wildman–Crippen MR) is 160 cm³/mol. The Kier molecular flexibility index (Phi) is 8.72. The monoisotopic (exact) mass is 639 g/mol. The van der Waals surface area contributed by atoms with Crippen molar-refractivity contribution in [1.82, 2.24) is 19.9 Å². The fourth-order valence-electron chi connectivity index (χ4n) is 5.27. The first-order valence-electron chi connectivity index (χ1n) is 14.0. The third-order valence-electron chi connectivity index (χ3n) is 7.62. The number of anilines is 1. The minimum Gasteiger partial charge on any atom is -0.480 e. The van der Waals surface area contributed by atoms with E-state index in [0.717, 1.165) is 5.39 Å². The molecule has 3 heterocycles. The van der Waals surface area contributed by atoms with Gasteiger partial charge in [0, 0.05) is 53.4 Å². The summed E-state index contributed by atoms with van der Waals surface area (Å²) in [6.07, 6.45) is -0.779. The van der Waals surface area contributed by atoms with Gasteiger partial charge >= 0.3 is 12.1 Å². The second-order valence-corrected chi connectivity index (χ2v) is 10.6. The summed E-state index contributed by atoms with van der Waals surface area (Å²) in [5, 5.41) is 15.2. The molecule has 0 radical (unpaired) electrons. The average Bonchev–Trinajstić information content (AvgIpc) is 3.00. The van der Waals surface area contributed by atoms with E-state index in [9.17, 15) is 41.4 Å². The molecule has 3 aromatic heterocycles. The number of carbonyl (C=O) groups excluding carboxylic acids is 1. The van der Waals surface area contributed by atoms with Crippen LogP contribution in [-0.2, 0) is 18.3 Å². The van der Waals surface area contributed by atoms with E-state index in [-0.39, 0.29) is 12.0 Å². The summed E-state index contributed by atoms with van der Waals surface area (Å²) in [5.74, 6) is -5.88. The molecule has 0 aliphatic carbocycles. The van der Waals surface area contributed by atoms with Crippen molar-refractivity contribution in [3.8, 4) is 11.1 Å². The van der Waals surface area contributed by atoms with Crippen LogP contribution in [0.3, 0.4) is 0 Å². The lowest BCUT2D eigenvalue weighted by Gasteiger charge is -2.22. The number of rotatable bonds is 9. The zero-order valence-corrected chi connectivity index (χ0v) is 24.3. The molecule has 14 heteroatoms. The van der Waals surface area contributed by atoms with E-state index in [1.54, 1.807) is 55.8 Å². The van der Waals surface area contributed by atoms with Crippen LogP contribution >= 0.6 is 0 Å². The standard InChI is InChI=1S/C32H26F5N5O4/c1-3-26(32(35,36)37)40-18-13-22(33)27(23(34)14-18)29(43)41-24(31(45)46)12-16-6-7-20(28-19(16)5-4-9-39-28)21-11-17-8-10-38-15-25(17)42(2)30(21)44/h4-11,13-15,24,26,40H,3,12H2,1-2H3,(H,41,43)(H,45,46). The normalized spacial score (nSPS) is 13.0. The lowest BCUT2D eigenvalue weighted by Crippen LogP contribution is -2.43. The SMILES string of the molecule is CCC(Nc1cc(F)c(C(=O)NC(Cc2ccc(-c3cc4ccncc4n(C)c3=O)c3ncccc23)C(=O)O)c(F)c1)C(F)(F)F. The summed E-state index contributed by atoms with van der Waals surface area (Å²) in [6, 6.07) is 7.22. The van der Waals surface area contributed by atoms with Crippen molar-refractivity contribution in [1.29, 1.82) is 0 Å². The van der Waals surface area contributed by atoms with Crippen LogP contribution in [0.25, 0.3) is 32.9 Å². The number of halogens is 5. The lowest BCUT2D eigenvalue weighted by atomic mass is 9.95. The molecular weight excluding hydrogens is 613 g/mol. The Morgan fingerprint density at radius 3 is 2.39 bits per heavy atom. The van der Waals surface area contributed by atoms with Gasteiger partial charge in [-0.1, -0.05) is 25.1 Å². The van der Waals surface area contributed by atoms with Gasteiger partial charge in [-0.2, -0.15) is 13.2 Å². The van der Waals surface area contributed by atoms with Crippen LogP contribution in [-0.4, -0.2) is 49.8 Å². The fourth-order valence-corrected chi connectivity index (χ4v) is 5.27. The molecule has 0 aliphatic rings. The smallest absolute Gasteiger partial charge is 0.408 e. The van der Waals surface area contributed by atoms with E-state index in [0.29, 0.717) is 45.2 Å². The highest BCUT2D eigenvalue weighted by atomic mass is 19.4. The lowest BCUT2D eigenvalue weighted by molar-refractivity contribution is -0.143. The fraction of sp³-hybridized carbons (Fsp3) is 0.219. The summed E-state index contributed by atoms with van der Waals surface area (Å²) in [7, 11) is 1.61. The number of aliphatic carboxylic acids is 1. The largest absolute Gasteiger partial charge is 0.480 e. The maximum atomic E-state index is 14.9. The number of fused-ring (bicyclic) bond motifs is 2. The summed E-state index contributed by atoms with van der Waals surface area (Å²) in [6.45, 7) is 1.24. The number of amides is 1. The number of carbonyl (C=O) groups is 2. The van der Waals surface area contributed by atoms with Crippen molar-refractivity contribution in [3.05, 3.63) is 100 Å². The van der Waals surface area contributed by atoms with E-state index in [2.05, 4.69) is 15.3 Å². The topological polar surface area (TPSA) is 126 Å². The number of alkyl halides is 3. The Morgan fingerprint density at radius 2 is 1.74 bits per heavy atom. The van der Waals surface area contributed by atoms with E-state index < -0.39 is 59.4 Å². The number of nitrogens with zero attached hydrogens (tertiary/aromatic N) is 3. The first-order valence-corrected chi connectivity index (χ1v) is 14.0. The van der Waals surface area contributed by atoms with Crippen molar-refractivity contribution in [3.63, 3.8) is 0 Å². The number of carboxylic acid groups (broad SMARTS) is 1. The van der Waals surface area contributed by atoms with E-state index in [1.165, 1.54) is 17.7 Å². The first kappa shape index (κ1) is 32.0. The molecule has 3 N–H and O–H groups in total. The molecule has 0 saturated heterocycles. The van der Waals surface area contributed by atoms with Crippen molar-refractivity contribution < 1.29 is 36.6 Å². The minimum absolute atomic E-state index is 0.315. The van der Waals surface area contributed by atoms with Gasteiger partial charge in [0.15, 0.2) is 0 Å². The number of benzene rings is 2. The van der Waals surface area contributed by atoms with Crippen molar-refractivity contribution in [2.45, 2.75) is 38.0 Å². The number of aryl methyl sites for hydroxylation is 1. The maximum Gasteiger partial charge on any atom is 0.408 e.